The lowest BCUT2D eigenvalue weighted by Gasteiger charge is -2.18. The van der Waals surface area contributed by atoms with E-state index in [1.807, 2.05) is 0 Å². The molecule has 9 nitrogen and oxygen atoms in total. The lowest BCUT2D eigenvalue weighted by atomic mass is 10.2. The van der Waals surface area contributed by atoms with Gasteiger partial charge in [-0.2, -0.15) is 0 Å². The second-order valence-corrected chi connectivity index (χ2v) is 9.60. The van der Waals surface area contributed by atoms with E-state index in [4.69, 9.17) is 29.6 Å². The van der Waals surface area contributed by atoms with Crippen LogP contribution in [0.15, 0.2) is 18.2 Å². The van der Waals surface area contributed by atoms with Crippen molar-refractivity contribution in [3.8, 4) is 0 Å². The Labute approximate surface area is 222 Å². The summed E-state index contributed by atoms with van der Waals surface area (Å²) in [6.07, 6.45) is 11.2. The minimum absolute atomic E-state index is 0.844. The van der Waals surface area contributed by atoms with Gasteiger partial charge in [-0.3, -0.25) is 0 Å². The van der Waals surface area contributed by atoms with Gasteiger partial charge >= 0.3 is 7.32 Å². The normalized spacial score (nSPS) is 11.2. The Morgan fingerprint density at radius 2 is 0.757 bits per heavy atom. The van der Waals surface area contributed by atoms with E-state index in [2.05, 4.69) is 59.7 Å². The van der Waals surface area contributed by atoms with Crippen LogP contribution < -0.4 is 14.3 Å². The van der Waals surface area contributed by atoms with Crippen molar-refractivity contribution >= 4 is 7.32 Å². The topological polar surface area (TPSA) is 81.1 Å². The lowest BCUT2D eigenvalue weighted by molar-refractivity contribution is 0.0330. The van der Waals surface area contributed by atoms with Crippen molar-refractivity contribution in [2.24, 2.45) is 0 Å². The van der Waals surface area contributed by atoms with E-state index < -0.39 is 7.32 Å². The molecule has 0 aliphatic heterocycles. The summed E-state index contributed by atoms with van der Waals surface area (Å²) in [6.45, 7) is 12.9. The molecule has 3 aromatic rings. The van der Waals surface area contributed by atoms with Crippen LogP contribution in [0.4, 0.5) is 0 Å². The van der Waals surface area contributed by atoms with Gasteiger partial charge < -0.3 is 14.3 Å². The van der Waals surface area contributed by atoms with Crippen molar-refractivity contribution in [2.45, 2.75) is 119 Å². The van der Waals surface area contributed by atoms with Crippen LogP contribution in [0.25, 0.3) is 0 Å². The van der Waals surface area contributed by atoms with E-state index in [0.29, 0.717) is 0 Å². The lowest BCUT2D eigenvalue weighted by Crippen LogP contribution is -2.50. The molecule has 204 valence electrons. The van der Waals surface area contributed by atoms with Gasteiger partial charge in [0.25, 0.3) is 0 Å². The Morgan fingerprint density at radius 1 is 0.486 bits per heavy atom. The van der Waals surface area contributed by atoms with Crippen LogP contribution in [0.5, 0.6) is 0 Å². The molecule has 0 aliphatic rings. The van der Waals surface area contributed by atoms with Gasteiger partial charge in [0.1, 0.15) is 0 Å². The van der Waals surface area contributed by atoms with Gasteiger partial charge in [-0.25, -0.2) is 0 Å². The molecule has 10 heteroatoms. The average Bonchev–Trinajstić information content (AvgIpc) is 3.53. The van der Waals surface area contributed by atoms with Crippen molar-refractivity contribution in [3.05, 3.63) is 52.4 Å². The number of hydrogen-bond donors (Lipinski definition) is 0. The quantitative estimate of drug-likeness (QED) is 0.231. The predicted molar refractivity (Wildman–Crippen MR) is 146 cm³/mol. The highest BCUT2D eigenvalue weighted by Crippen LogP contribution is 2.12. The Hall–Kier alpha value is -2.91. The second-order valence-electron chi connectivity index (χ2n) is 9.60. The molecule has 0 unspecified atom stereocenters. The Balaban J connectivity index is 1.96. The van der Waals surface area contributed by atoms with E-state index >= 15 is 0 Å². The summed E-state index contributed by atoms with van der Waals surface area (Å²) in [5.74, 6) is 0. The van der Waals surface area contributed by atoms with Crippen molar-refractivity contribution in [1.29, 1.82) is 0 Å². The SMILES string of the molecule is CCCc1cc(CCC)n(OB(On2nc(CCC)cc2CCC)On2nc(CCC)cc2CCC)n1. The molecule has 0 spiro atoms. The molecule has 37 heavy (non-hydrogen) atoms. The van der Waals surface area contributed by atoms with Gasteiger partial charge in [-0.05, 0) is 56.7 Å². The Morgan fingerprint density at radius 3 is 1.00 bits per heavy atom. The zero-order chi connectivity index (χ0) is 26.6. The van der Waals surface area contributed by atoms with Gasteiger partial charge in [0.2, 0.25) is 0 Å². The maximum absolute atomic E-state index is 6.28. The molecule has 0 aromatic carbocycles. The van der Waals surface area contributed by atoms with Crippen molar-refractivity contribution < 1.29 is 14.3 Å². The summed E-state index contributed by atoms with van der Waals surface area (Å²) >= 11 is 0. The van der Waals surface area contributed by atoms with Crippen LogP contribution in [0, 0.1) is 0 Å². The summed E-state index contributed by atoms with van der Waals surface area (Å²) in [4.78, 5) is 4.68. The number of hydrogen-bond acceptors (Lipinski definition) is 6. The fourth-order valence-electron chi connectivity index (χ4n) is 4.35. The highest BCUT2D eigenvalue weighted by molar-refractivity contribution is 6.37. The molecule has 3 heterocycles. The monoisotopic (exact) mass is 512 g/mol. The van der Waals surface area contributed by atoms with E-state index in [0.717, 1.165) is 111 Å². The first kappa shape index (κ1) is 28.7. The van der Waals surface area contributed by atoms with Crippen LogP contribution in [0.3, 0.4) is 0 Å². The molecule has 0 saturated carbocycles. The molecule has 0 atom stereocenters. The summed E-state index contributed by atoms with van der Waals surface area (Å²) in [5.41, 5.74) is 5.96. The fraction of sp³-hybridized carbons (Fsp3) is 0.667. The molecule has 0 amide bonds. The molecule has 0 radical (unpaired) electrons. The maximum atomic E-state index is 6.28. The zero-order valence-electron chi connectivity index (χ0n) is 23.7. The molecule has 0 fully saturated rings. The highest BCUT2D eigenvalue weighted by Gasteiger charge is 2.37. The minimum atomic E-state index is -1.14. The highest BCUT2D eigenvalue weighted by atomic mass is 16.9. The second kappa shape index (κ2) is 14.7. The van der Waals surface area contributed by atoms with Crippen LogP contribution in [-0.2, 0) is 38.5 Å². The number of aromatic nitrogens is 6. The Bertz CT molecular complexity index is 943. The zero-order valence-corrected chi connectivity index (χ0v) is 23.7. The van der Waals surface area contributed by atoms with Crippen LogP contribution in [0.1, 0.15) is 114 Å². The summed E-state index contributed by atoms with van der Waals surface area (Å²) < 4.78 is 18.8. The number of rotatable bonds is 18. The molecule has 0 aliphatic carbocycles. The van der Waals surface area contributed by atoms with Gasteiger partial charge in [-0.15, -0.1) is 29.8 Å². The van der Waals surface area contributed by atoms with Crippen molar-refractivity contribution in [2.75, 3.05) is 0 Å². The number of aryl methyl sites for hydroxylation is 6. The van der Waals surface area contributed by atoms with E-state index in [-0.39, 0.29) is 0 Å². The molecule has 0 bridgehead atoms. The summed E-state index contributed by atoms with van der Waals surface area (Å²) in [7, 11) is -1.14. The fourth-order valence-corrected chi connectivity index (χ4v) is 4.35. The summed E-state index contributed by atoms with van der Waals surface area (Å²) in [5, 5.41) is 14.1. The van der Waals surface area contributed by atoms with Gasteiger partial charge in [0, 0.05) is 0 Å². The minimum Gasteiger partial charge on any atom is -0.380 e. The van der Waals surface area contributed by atoms with E-state index in [1.165, 1.54) is 0 Å². The van der Waals surface area contributed by atoms with Crippen LogP contribution >= 0.6 is 0 Å². The third-order valence-corrected chi connectivity index (χ3v) is 5.99. The molecular weight excluding hydrogens is 467 g/mol. The molecular formula is C27H45BN6O3. The molecule has 3 aromatic heterocycles. The molecule has 3 rings (SSSR count). The predicted octanol–water partition coefficient (Wildman–Crippen LogP) is 4.66. The first-order chi connectivity index (χ1) is 18.0. The first-order valence-electron chi connectivity index (χ1n) is 14.3. The maximum Gasteiger partial charge on any atom is 0.929 e. The van der Waals surface area contributed by atoms with Gasteiger partial charge in [-0.1, -0.05) is 80.1 Å². The van der Waals surface area contributed by atoms with Crippen molar-refractivity contribution in [1.82, 2.24) is 29.8 Å². The molecule has 0 N–H and O–H groups in total. The third kappa shape index (κ3) is 8.04. The van der Waals surface area contributed by atoms with Crippen molar-refractivity contribution in [3.63, 3.8) is 0 Å². The summed E-state index contributed by atoms with van der Waals surface area (Å²) in [6, 6.07) is 6.32. The van der Waals surface area contributed by atoms with E-state index in [1.54, 1.807) is 14.5 Å². The smallest absolute Gasteiger partial charge is 0.380 e. The third-order valence-electron chi connectivity index (χ3n) is 5.99. The van der Waals surface area contributed by atoms with Crippen LogP contribution in [-0.4, -0.2) is 37.2 Å². The Kier molecular flexibility index (Phi) is 11.4. The first-order valence-corrected chi connectivity index (χ1v) is 14.3. The van der Waals surface area contributed by atoms with E-state index in [9.17, 15) is 0 Å². The molecule has 0 saturated heterocycles. The largest absolute Gasteiger partial charge is 0.929 e. The number of nitrogens with zero attached hydrogens (tertiary/aromatic N) is 6. The van der Waals surface area contributed by atoms with Gasteiger partial charge in [0.15, 0.2) is 0 Å². The average molecular weight is 513 g/mol. The van der Waals surface area contributed by atoms with Crippen LogP contribution in [0.2, 0.25) is 0 Å². The van der Waals surface area contributed by atoms with Gasteiger partial charge in [0.05, 0.1) is 34.2 Å². The standard InChI is InChI=1S/C27H45BN6O3/c1-7-13-22-19-25(16-10-4)32(29-22)35-28(36-33-26(17-11-5)20-23(30-33)14-8-2)37-34-27(18-12-6)21-24(31-34)15-9-3/h19-21H,7-18H2,1-6H3.